The molecule has 0 amide bonds. The molecule has 1 heterocycles. The lowest BCUT2D eigenvalue weighted by molar-refractivity contribution is -0.149. The highest BCUT2D eigenvalue weighted by Gasteiger charge is 2.23. The SMILES string of the molecule is CC(=O)C(C=Nc1cccc(-c2ccncc2)c1)C(=O)OCC(C)C. The molecule has 0 bridgehead atoms. The van der Waals surface area contributed by atoms with E-state index in [-0.39, 0.29) is 18.3 Å². The molecule has 0 spiro atoms. The number of nitrogens with zero attached hydrogens (tertiary/aromatic N) is 2. The lowest BCUT2D eigenvalue weighted by Crippen LogP contribution is -2.26. The van der Waals surface area contributed by atoms with Crippen LogP contribution in [-0.4, -0.2) is 29.6 Å². The fourth-order valence-electron chi connectivity index (χ4n) is 2.14. The maximum Gasteiger partial charge on any atom is 0.321 e. The second-order valence-corrected chi connectivity index (χ2v) is 6.18. The number of ether oxygens (including phenoxy) is 1. The Balaban J connectivity index is 2.15. The van der Waals surface area contributed by atoms with Crippen LogP contribution < -0.4 is 0 Å². The molecule has 2 rings (SSSR count). The summed E-state index contributed by atoms with van der Waals surface area (Å²) < 4.78 is 5.15. The zero-order valence-electron chi connectivity index (χ0n) is 14.7. The highest BCUT2D eigenvalue weighted by molar-refractivity contribution is 6.11. The van der Waals surface area contributed by atoms with Gasteiger partial charge in [0.15, 0.2) is 5.92 Å². The third-order valence-corrected chi connectivity index (χ3v) is 3.48. The first-order valence-corrected chi connectivity index (χ1v) is 8.19. The van der Waals surface area contributed by atoms with Crippen LogP contribution in [0.1, 0.15) is 20.8 Å². The Kier molecular flexibility index (Phi) is 6.57. The van der Waals surface area contributed by atoms with E-state index in [0.29, 0.717) is 5.69 Å². The summed E-state index contributed by atoms with van der Waals surface area (Å²) in [5, 5.41) is 0. The van der Waals surface area contributed by atoms with Crippen molar-refractivity contribution in [2.24, 2.45) is 16.8 Å². The molecule has 0 saturated carbocycles. The summed E-state index contributed by atoms with van der Waals surface area (Å²) in [6.07, 6.45) is 4.81. The van der Waals surface area contributed by atoms with Gasteiger partial charge in [-0.15, -0.1) is 0 Å². The predicted molar refractivity (Wildman–Crippen MR) is 97.8 cm³/mol. The maximum atomic E-state index is 12.1. The van der Waals surface area contributed by atoms with Gasteiger partial charge in [-0.1, -0.05) is 26.0 Å². The van der Waals surface area contributed by atoms with Gasteiger partial charge in [-0.05, 0) is 48.2 Å². The first kappa shape index (κ1) is 18.5. The number of benzene rings is 1. The number of pyridine rings is 1. The molecule has 0 aliphatic heterocycles. The van der Waals surface area contributed by atoms with Crippen LogP contribution in [-0.2, 0) is 14.3 Å². The zero-order chi connectivity index (χ0) is 18.2. The highest BCUT2D eigenvalue weighted by atomic mass is 16.5. The minimum atomic E-state index is -0.983. The predicted octanol–water partition coefficient (Wildman–Crippen LogP) is 3.86. The second-order valence-electron chi connectivity index (χ2n) is 6.18. The van der Waals surface area contributed by atoms with Crippen LogP contribution >= 0.6 is 0 Å². The van der Waals surface area contributed by atoms with Crippen molar-refractivity contribution in [1.82, 2.24) is 4.98 Å². The number of hydrogen-bond acceptors (Lipinski definition) is 5. The van der Waals surface area contributed by atoms with Crippen molar-refractivity contribution in [3.05, 3.63) is 48.8 Å². The lowest BCUT2D eigenvalue weighted by atomic mass is 10.1. The molecule has 130 valence electrons. The van der Waals surface area contributed by atoms with Crippen molar-refractivity contribution < 1.29 is 14.3 Å². The van der Waals surface area contributed by atoms with Crippen LogP contribution in [0.15, 0.2) is 53.8 Å². The zero-order valence-corrected chi connectivity index (χ0v) is 14.7. The summed E-state index contributed by atoms with van der Waals surface area (Å²) in [6.45, 7) is 5.53. The molecule has 1 atom stereocenters. The topological polar surface area (TPSA) is 68.6 Å². The third kappa shape index (κ3) is 5.64. The number of Topliss-reactive ketones (excluding diaryl/α,β-unsaturated/α-hetero) is 1. The van der Waals surface area contributed by atoms with Gasteiger partial charge in [-0.3, -0.25) is 19.6 Å². The van der Waals surface area contributed by atoms with Crippen LogP contribution in [0.4, 0.5) is 5.69 Å². The number of ketones is 1. The van der Waals surface area contributed by atoms with Crippen LogP contribution in [0.2, 0.25) is 0 Å². The van der Waals surface area contributed by atoms with E-state index < -0.39 is 11.9 Å². The van der Waals surface area contributed by atoms with E-state index in [0.717, 1.165) is 11.1 Å². The van der Waals surface area contributed by atoms with Crippen molar-refractivity contribution in [3.8, 4) is 11.1 Å². The second kappa shape index (κ2) is 8.87. The number of carbonyl (C=O) groups excluding carboxylic acids is 2. The molecule has 1 unspecified atom stereocenters. The fourth-order valence-corrected chi connectivity index (χ4v) is 2.14. The largest absolute Gasteiger partial charge is 0.465 e. The summed E-state index contributed by atoms with van der Waals surface area (Å²) in [5.74, 6) is -1.62. The number of carbonyl (C=O) groups is 2. The summed E-state index contributed by atoms with van der Waals surface area (Å²) >= 11 is 0. The van der Waals surface area contributed by atoms with E-state index >= 15 is 0 Å². The molecular formula is C20H22N2O3. The van der Waals surface area contributed by atoms with Crippen LogP contribution in [0.5, 0.6) is 0 Å². The minimum absolute atomic E-state index is 0.213. The molecule has 0 saturated heterocycles. The minimum Gasteiger partial charge on any atom is -0.465 e. The first-order valence-electron chi connectivity index (χ1n) is 8.19. The third-order valence-electron chi connectivity index (χ3n) is 3.48. The van der Waals surface area contributed by atoms with E-state index in [1.807, 2.05) is 50.2 Å². The van der Waals surface area contributed by atoms with Crippen molar-refractivity contribution in [2.45, 2.75) is 20.8 Å². The Morgan fingerprint density at radius 3 is 2.52 bits per heavy atom. The average Bonchev–Trinajstić information content (AvgIpc) is 2.61. The van der Waals surface area contributed by atoms with E-state index in [4.69, 9.17) is 4.74 Å². The van der Waals surface area contributed by atoms with Gasteiger partial charge in [0.2, 0.25) is 0 Å². The molecule has 1 aromatic carbocycles. The van der Waals surface area contributed by atoms with E-state index in [9.17, 15) is 9.59 Å². The average molecular weight is 338 g/mol. The molecule has 2 aromatic rings. The molecular weight excluding hydrogens is 316 g/mol. The number of aliphatic imine (C=N–C) groups is 1. The van der Waals surface area contributed by atoms with E-state index in [1.165, 1.54) is 13.1 Å². The van der Waals surface area contributed by atoms with Gasteiger partial charge in [-0.2, -0.15) is 0 Å². The lowest BCUT2D eigenvalue weighted by Gasteiger charge is -2.11. The Bertz CT molecular complexity index is 755. The molecule has 1 aromatic heterocycles. The summed E-state index contributed by atoms with van der Waals surface area (Å²) in [4.78, 5) is 32.1. The summed E-state index contributed by atoms with van der Waals surface area (Å²) in [5.41, 5.74) is 2.67. The van der Waals surface area contributed by atoms with Gasteiger partial charge in [0.1, 0.15) is 5.78 Å². The summed E-state index contributed by atoms with van der Waals surface area (Å²) in [6, 6.07) is 11.4. The Morgan fingerprint density at radius 1 is 1.16 bits per heavy atom. The molecule has 0 radical (unpaired) electrons. The smallest absolute Gasteiger partial charge is 0.321 e. The molecule has 5 nitrogen and oxygen atoms in total. The van der Waals surface area contributed by atoms with Gasteiger partial charge in [-0.25, -0.2) is 0 Å². The molecule has 0 aliphatic rings. The van der Waals surface area contributed by atoms with Crippen LogP contribution in [0.25, 0.3) is 11.1 Å². The quantitative estimate of drug-likeness (QED) is 0.437. The molecule has 5 heteroatoms. The normalized spacial score (nSPS) is 12.3. The fraction of sp³-hybridized carbons (Fsp3) is 0.300. The maximum absolute atomic E-state index is 12.1. The highest BCUT2D eigenvalue weighted by Crippen LogP contribution is 2.23. The summed E-state index contributed by atoms with van der Waals surface area (Å²) in [7, 11) is 0. The Hall–Kier alpha value is -2.82. The van der Waals surface area contributed by atoms with Gasteiger partial charge in [0, 0.05) is 18.6 Å². The Morgan fingerprint density at radius 2 is 1.88 bits per heavy atom. The molecule has 0 fully saturated rings. The van der Waals surface area contributed by atoms with Gasteiger partial charge < -0.3 is 4.74 Å². The van der Waals surface area contributed by atoms with Gasteiger partial charge in [0.25, 0.3) is 0 Å². The number of aromatic nitrogens is 1. The standard InChI is InChI=1S/C20H22N2O3/c1-14(2)13-25-20(24)19(15(3)23)12-22-18-6-4-5-17(11-18)16-7-9-21-10-8-16/h4-12,14,19H,13H2,1-3H3. The van der Waals surface area contributed by atoms with E-state index in [2.05, 4.69) is 9.98 Å². The van der Waals surface area contributed by atoms with Crippen molar-refractivity contribution >= 4 is 23.7 Å². The monoisotopic (exact) mass is 338 g/mol. The van der Waals surface area contributed by atoms with E-state index in [1.54, 1.807) is 12.4 Å². The van der Waals surface area contributed by atoms with Gasteiger partial charge in [0.05, 0.1) is 12.3 Å². The van der Waals surface area contributed by atoms with Crippen LogP contribution in [0, 0.1) is 11.8 Å². The van der Waals surface area contributed by atoms with Gasteiger partial charge >= 0.3 is 5.97 Å². The molecule has 25 heavy (non-hydrogen) atoms. The first-order chi connectivity index (χ1) is 12.0. The van der Waals surface area contributed by atoms with Crippen LogP contribution in [0.3, 0.4) is 0 Å². The van der Waals surface area contributed by atoms with Crippen molar-refractivity contribution in [1.29, 1.82) is 0 Å². The number of rotatable bonds is 7. The van der Waals surface area contributed by atoms with Crippen molar-refractivity contribution in [2.75, 3.05) is 6.61 Å². The molecule has 0 N–H and O–H groups in total. The molecule has 0 aliphatic carbocycles. The Labute approximate surface area is 147 Å². The number of esters is 1. The number of hydrogen-bond donors (Lipinski definition) is 0. The van der Waals surface area contributed by atoms with Crippen molar-refractivity contribution in [3.63, 3.8) is 0 Å².